The molecule has 4 heterocycles. The van der Waals surface area contributed by atoms with Gasteiger partial charge in [-0.05, 0) is 66.3 Å². The molecule has 0 bridgehead atoms. The number of halogens is 1. The minimum Gasteiger partial charge on any atom is -0.489 e. The number of aromatic nitrogens is 3. The lowest BCUT2D eigenvalue weighted by Gasteiger charge is -2.65. The second kappa shape index (κ2) is 19.3. The van der Waals surface area contributed by atoms with E-state index in [1.54, 1.807) is 46.6 Å². The number of carbonyl (C=O) groups excluding carboxylic acids is 4. The van der Waals surface area contributed by atoms with Crippen LogP contribution in [-0.2, 0) is 27.5 Å². The molecule has 14 nitrogen and oxygen atoms in total. The summed E-state index contributed by atoms with van der Waals surface area (Å²) in [7, 11) is 0. The third-order valence-corrected chi connectivity index (χ3v) is 15.2. The van der Waals surface area contributed by atoms with Crippen LogP contribution < -0.4 is 15.4 Å². The van der Waals surface area contributed by atoms with Crippen molar-refractivity contribution in [3.63, 3.8) is 0 Å². The van der Waals surface area contributed by atoms with Gasteiger partial charge >= 0.3 is 0 Å². The van der Waals surface area contributed by atoms with E-state index < -0.39 is 29.5 Å². The van der Waals surface area contributed by atoms with Crippen molar-refractivity contribution in [1.82, 2.24) is 35.2 Å². The number of aryl methyl sites for hydroxylation is 2. The fourth-order valence-electron chi connectivity index (χ4n) is 10.8. The van der Waals surface area contributed by atoms with Gasteiger partial charge in [-0.2, -0.15) is 5.10 Å². The summed E-state index contributed by atoms with van der Waals surface area (Å²) < 4.78 is 8.10. The topological polar surface area (TPSA) is 163 Å². The highest BCUT2D eigenvalue weighted by atomic mass is 35.5. The van der Waals surface area contributed by atoms with Gasteiger partial charge in [-0.25, -0.2) is 9.83 Å². The second-order valence-electron chi connectivity index (χ2n) is 20.9. The van der Waals surface area contributed by atoms with Gasteiger partial charge in [-0.15, -0.1) is 11.3 Å². The molecule has 3 aromatic carbocycles. The van der Waals surface area contributed by atoms with Gasteiger partial charge < -0.3 is 30.3 Å². The third kappa shape index (κ3) is 9.93. The first-order valence-corrected chi connectivity index (χ1v) is 24.7. The Morgan fingerprint density at radius 1 is 1.03 bits per heavy atom. The lowest BCUT2D eigenvalue weighted by atomic mass is 9.49. The van der Waals surface area contributed by atoms with E-state index in [1.807, 2.05) is 87.5 Å². The van der Waals surface area contributed by atoms with E-state index in [2.05, 4.69) is 65.1 Å². The number of nitrogens with one attached hydrogen (secondary N) is 2. The number of aliphatic hydroxyl groups excluding tert-OH is 1. The molecular formula is C54H59ClN8O6S. The van der Waals surface area contributed by atoms with Crippen molar-refractivity contribution in [2.75, 3.05) is 6.54 Å². The molecule has 8 rings (SSSR count). The van der Waals surface area contributed by atoms with Crippen LogP contribution >= 0.6 is 22.9 Å². The summed E-state index contributed by atoms with van der Waals surface area (Å²) in [6.07, 6.45) is 2.39. The van der Waals surface area contributed by atoms with Crippen molar-refractivity contribution in [2.45, 2.75) is 125 Å². The maximum atomic E-state index is 14.2. The fourth-order valence-corrected chi connectivity index (χ4v) is 11.8. The van der Waals surface area contributed by atoms with Crippen molar-refractivity contribution in [2.24, 2.45) is 16.2 Å². The molecule has 5 aromatic rings. The molecule has 2 fully saturated rings. The Morgan fingerprint density at radius 3 is 2.40 bits per heavy atom. The number of amides is 4. The number of fused-ring (bicyclic) bond motifs is 1. The molecular weight excluding hydrogens is 924 g/mol. The lowest BCUT2D eigenvalue weighted by molar-refractivity contribution is -0.199. The Bertz CT molecular complexity index is 2940. The Hall–Kier alpha value is -6.52. The number of rotatable bonds is 12. The Kier molecular flexibility index (Phi) is 13.8. The van der Waals surface area contributed by atoms with Gasteiger partial charge in [0, 0.05) is 66.7 Å². The van der Waals surface area contributed by atoms with E-state index in [1.165, 1.54) is 4.90 Å². The van der Waals surface area contributed by atoms with Crippen molar-refractivity contribution in [3.8, 4) is 28.0 Å². The first-order chi connectivity index (χ1) is 33.1. The van der Waals surface area contributed by atoms with Gasteiger partial charge in [0.05, 0.1) is 51.6 Å². The van der Waals surface area contributed by atoms with Crippen LogP contribution in [0.2, 0.25) is 5.02 Å². The van der Waals surface area contributed by atoms with Gasteiger partial charge in [-0.1, -0.05) is 102 Å². The Balaban J connectivity index is 0.852. The summed E-state index contributed by atoms with van der Waals surface area (Å²) in [6, 6.07) is 16.3. The first kappa shape index (κ1) is 49.9. The second-order valence-corrected chi connectivity index (χ2v) is 22.2. The van der Waals surface area contributed by atoms with Crippen molar-refractivity contribution >= 4 is 52.3 Å². The molecule has 1 saturated heterocycles. The molecule has 2 aliphatic heterocycles. The highest BCUT2D eigenvalue weighted by Gasteiger charge is 2.67. The number of hydrogen-bond donors (Lipinski definition) is 3. The van der Waals surface area contributed by atoms with Gasteiger partial charge in [0.1, 0.15) is 23.9 Å². The molecule has 1 saturated carbocycles. The summed E-state index contributed by atoms with van der Waals surface area (Å²) in [4.78, 5) is 67.5. The van der Waals surface area contributed by atoms with Crippen molar-refractivity contribution in [3.05, 3.63) is 129 Å². The zero-order chi connectivity index (χ0) is 50.4. The molecule has 0 unspecified atom stereocenters. The molecule has 2 aromatic heterocycles. The number of nitrogens with zero attached hydrogens (tertiary/aromatic N) is 6. The van der Waals surface area contributed by atoms with Crippen LogP contribution in [0.5, 0.6) is 5.75 Å². The minimum absolute atomic E-state index is 0.0245. The monoisotopic (exact) mass is 982 g/mol. The highest BCUT2D eigenvalue weighted by Crippen LogP contribution is 2.59. The van der Waals surface area contributed by atoms with Crippen LogP contribution in [0, 0.1) is 41.6 Å². The zero-order valence-corrected chi connectivity index (χ0v) is 42.5. The van der Waals surface area contributed by atoms with Gasteiger partial charge in [0.2, 0.25) is 23.4 Å². The van der Waals surface area contributed by atoms with Crippen LogP contribution in [0.3, 0.4) is 0 Å². The molecule has 3 aliphatic rings. The van der Waals surface area contributed by atoms with Crippen LogP contribution in [0.4, 0.5) is 5.69 Å². The third-order valence-electron chi connectivity index (χ3n) is 13.9. The van der Waals surface area contributed by atoms with Crippen LogP contribution in [-0.4, -0.2) is 90.2 Å². The number of hydrogen-bond acceptors (Lipinski definition) is 9. The van der Waals surface area contributed by atoms with Crippen molar-refractivity contribution in [1.29, 1.82) is 0 Å². The molecule has 70 heavy (non-hydrogen) atoms. The summed E-state index contributed by atoms with van der Waals surface area (Å²) in [5.41, 5.74) is 6.53. The van der Waals surface area contributed by atoms with E-state index in [9.17, 15) is 24.3 Å². The number of thiazole rings is 1. The van der Waals surface area contributed by atoms with Gasteiger partial charge in [0.15, 0.2) is 0 Å². The predicted octanol–water partition coefficient (Wildman–Crippen LogP) is 8.52. The molecule has 364 valence electrons. The van der Waals surface area contributed by atoms with E-state index in [-0.39, 0.29) is 72.7 Å². The number of aliphatic hydroxyl groups is 1. The number of ether oxygens (including phenoxy) is 1. The summed E-state index contributed by atoms with van der Waals surface area (Å²) in [5, 5.41) is 21.4. The average molecular weight is 984 g/mol. The summed E-state index contributed by atoms with van der Waals surface area (Å²) >= 11 is 7.88. The number of benzene rings is 3. The Morgan fingerprint density at radius 2 is 1.74 bits per heavy atom. The highest BCUT2D eigenvalue weighted by molar-refractivity contribution is 7.13. The molecule has 16 heteroatoms. The molecule has 0 radical (unpaired) electrons. The van der Waals surface area contributed by atoms with E-state index >= 15 is 0 Å². The molecule has 3 N–H and O–H groups in total. The van der Waals surface area contributed by atoms with Crippen LogP contribution in [0.1, 0.15) is 113 Å². The van der Waals surface area contributed by atoms with Crippen LogP contribution in [0.25, 0.3) is 15.3 Å². The predicted molar refractivity (Wildman–Crippen MR) is 269 cm³/mol. The molecule has 0 spiro atoms. The largest absolute Gasteiger partial charge is 0.489 e. The maximum Gasteiger partial charge on any atom is 0.254 e. The lowest BCUT2D eigenvalue weighted by Crippen LogP contribution is -2.74. The molecule has 1 aliphatic carbocycles. The SMILES string of the molecule is [C-]#[N+]c1ccc(OC2C(C)(C)C(N3Cc4cc(C#Cc5cnn(CCC(=O)N[C@H](C(=O)N6C[C@H](O)C[C@H]6C(=O)N[C@@H](C)c6ccc(-c7scnc7C)cc6)C(C)(C)C)c5)ccc4C3=O)C2(C)C)cc1Cl. The van der Waals surface area contributed by atoms with E-state index in [0.717, 1.165) is 32.8 Å². The smallest absolute Gasteiger partial charge is 0.254 e. The zero-order valence-electron chi connectivity index (χ0n) is 41.0. The number of likely N-dealkylation sites (tertiary alicyclic amines) is 1. The van der Waals surface area contributed by atoms with Gasteiger partial charge in [-0.3, -0.25) is 23.9 Å². The standard InChI is InChI=1S/C54H59ClN8O6S/c1-31(35-14-16-36(17-15-35)45-32(2)57-30-70-45)59-47(66)43-24-38(64)29-62(43)49(68)46(52(3,4)5)60-44(65)21-22-61-27-34(26-58-61)12-11-33-13-19-40-37(23-33)28-63(48(40)67)50-53(6,7)51(54(50,8)9)69-39-18-20-42(56-10)41(55)25-39/h13-20,23,25-27,30-31,38,43,46,50-51,64H,21-22,24,28-29H2,1-9H3,(H,59,66)(H,60,65)/t31-,38+,43-,46+,50?,51?/m0/s1. The van der Waals surface area contributed by atoms with Crippen LogP contribution in [0.15, 0.2) is 78.6 Å². The number of β-amino-alcohol motifs (C(OH)–C–C–N with tert-alkyl or cyclic N) is 1. The normalized spacial score (nSPS) is 20.9. The number of carbonyl (C=O) groups is 4. The average Bonchev–Trinajstić information content (AvgIpc) is 4.12. The van der Waals surface area contributed by atoms with E-state index in [4.69, 9.17) is 22.9 Å². The van der Waals surface area contributed by atoms with Gasteiger partial charge in [0.25, 0.3) is 5.91 Å². The minimum atomic E-state index is -0.965. The summed E-state index contributed by atoms with van der Waals surface area (Å²) in [6.45, 7) is 25.8. The van der Waals surface area contributed by atoms with Crippen molar-refractivity contribution < 1.29 is 29.0 Å². The summed E-state index contributed by atoms with van der Waals surface area (Å²) in [5.74, 6) is 5.75. The van der Waals surface area contributed by atoms with E-state index in [0.29, 0.717) is 34.1 Å². The Labute approximate surface area is 418 Å². The quantitative estimate of drug-likeness (QED) is 0.0828. The first-order valence-electron chi connectivity index (χ1n) is 23.5. The maximum absolute atomic E-state index is 14.2. The molecule has 4 atom stereocenters. The fraction of sp³-hybridized carbons (Fsp3) is 0.426. The molecule has 4 amide bonds.